The van der Waals surface area contributed by atoms with Crippen LogP contribution < -0.4 is 4.74 Å². The number of hydrogen-bond donors (Lipinski definition) is 1. The van der Waals surface area contributed by atoms with E-state index in [0.717, 1.165) is 17.9 Å². The molecule has 1 fully saturated rings. The van der Waals surface area contributed by atoms with Gasteiger partial charge >= 0.3 is 0 Å². The van der Waals surface area contributed by atoms with E-state index in [-0.39, 0.29) is 6.04 Å². The smallest absolute Gasteiger partial charge is 0.118 e. The van der Waals surface area contributed by atoms with Gasteiger partial charge in [-0.3, -0.25) is 4.90 Å². The fraction of sp³-hybridized carbons (Fsp3) is 0.667. The highest BCUT2D eigenvalue weighted by molar-refractivity contribution is 5.29. The monoisotopic (exact) mass is 291 g/mol. The maximum absolute atomic E-state index is 10.7. The van der Waals surface area contributed by atoms with Crippen LogP contribution in [0.1, 0.15) is 57.6 Å². The van der Waals surface area contributed by atoms with Gasteiger partial charge in [-0.2, -0.15) is 0 Å². The van der Waals surface area contributed by atoms with Crippen LogP contribution in [0.15, 0.2) is 24.3 Å². The van der Waals surface area contributed by atoms with Crippen LogP contribution >= 0.6 is 0 Å². The number of likely N-dealkylation sites (N-methyl/N-ethyl adjacent to an activating group) is 1. The largest absolute Gasteiger partial charge is 0.497 e. The lowest BCUT2D eigenvalue weighted by atomic mass is 9.91. The second-order valence-electron chi connectivity index (χ2n) is 6.08. The van der Waals surface area contributed by atoms with E-state index in [1.54, 1.807) is 7.11 Å². The minimum absolute atomic E-state index is 0.145. The maximum atomic E-state index is 10.7. The van der Waals surface area contributed by atoms with Crippen LogP contribution in [0.2, 0.25) is 0 Å². The number of benzene rings is 1. The van der Waals surface area contributed by atoms with Crippen molar-refractivity contribution >= 4 is 0 Å². The Balaban J connectivity index is 2.05. The lowest BCUT2D eigenvalue weighted by Gasteiger charge is -2.39. The Labute approximate surface area is 128 Å². The molecule has 3 nitrogen and oxygen atoms in total. The van der Waals surface area contributed by atoms with Gasteiger partial charge in [-0.15, -0.1) is 0 Å². The molecule has 2 rings (SSSR count). The second-order valence-corrected chi connectivity index (χ2v) is 6.08. The van der Waals surface area contributed by atoms with Crippen molar-refractivity contribution in [1.29, 1.82) is 0 Å². The molecule has 0 aliphatic heterocycles. The first-order chi connectivity index (χ1) is 10.2. The zero-order valence-electron chi connectivity index (χ0n) is 13.6. The molecule has 1 aliphatic carbocycles. The molecule has 3 heteroatoms. The summed E-state index contributed by atoms with van der Waals surface area (Å²) in [6, 6.07) is 8.55. The van der Waals surface area contributed by atoms with E-state index >= 15 is 0 Å². The quantitative estimate of drug-likeness (QED) is 0.866. The highest BCUT2D eigenvalue weighted by Crippen LogP contribution is 2.29. The zero-order chi connectivity index (χ0) is 15.2. The Hall–Kier alpha value is -1.06. The fourth-order valence-corrected chi connectivity index (χ4v) is 3.55. The number of rotatable bonds is 6. The lowest BCUT2D eigenvalue weighted by Crippen LogP contribution is -2.45. The molecule has 0 heterocycles. The average molecular weight is 291 g/mol. The molecule has 1 N–H and O–H groups in total. The van der Waals surface area contributed by atoms with E-state index in [0.29, 0.717) is 6.04 Å². The average Bonchev–Trinajstić information content (AvgIpc) is 2.56. The zero-order valence-corrected chi connectivity index (χ0v) is 13.6. The third-order valence-corrected chi connectivity index (χ3v) is 4.85. The van der Waals surface area contributed by atoms with Crippen LogP contribution in [0.3, 0.4) is 0 Å². The predicted molar refractivity (Wildman–Crippen MR) is 86.7 cm³/mol. The number of ether oxygens (including phenoxy) is 1. The van der Waals surface area contributed by atoms with Crippen LogP contribution in [-0.4, -0.2) is 35.7 Å². The number of hydrogen-bond acceptors (Lipinski definition) is 3. The van der Waals surface area contributed by atoms with Gasteiger partial charge in [0.1, 0.15) is 5.75 Å². The maximum Gasteiger partial charge on any atom is 0.118 e. The minimum atomic E-state index is -0.446. The second kappa shape index (κ2) is 7.81. The number of methoxy groups -OCH3 is 1. The Morgan fingerprint density at radius 3 is 2.33 bits per heavy atom. The molecule has 0 amide bonds. The molecule has 1 aromatic carbocycles. The summed E-state index contributed by atoms with van der Waals surface area (Å²) in [5.41, 5.74) is 0.970. The normalized spacial score (nSPS) is 19.5. The molecule has 21 heavy (non-hydrogen) atoms. The van der Waals surface area contributed by atoms with E-state index < -0.39 is 6.10 Å². The Kier molecular flexibility index (Phi) is 6.07. The molecule has 0 saturated heterocycles. The summed E-state index contributed by atoms with van der Waals surface area (Å²) in [5, 5.41) is 10.7. The van der Waals surface area contributed by atoms with Crippen LogP contribution in [-0.2, 0) is 0 Å². The predicted octanol–water partition coefficient (Wildman–Crippen LogP) is 3.77. The first-order valence-corrected chi connectivity index (χ1v) is 8.25. The number of aliphatic hydroxyl groups excluding tert-OH is 1. The Morgan fingerprint density at radius 1 is 1.19 bits per heavy atom. The summed E-state index contributed by atoms with van der Waals surface area (Å²) in [6.45, 7) is 5.35. The topological polar surface area (TPSA) is 32.7 Å². The summed E-state index contributed by atoms with van der Waals surface area (Å²) in [7, 11) is 1.66. The highest BCUT2D eigenvalue weighted by atomic mass is 16.5. The first-order valence-electron chi connectivity index (χ1n) is 8.25. The molecule has 1 aromatic rings. The van der Waals surface area contributed by atoms with Crippen molar-refractivity contribution in [2.75, 3.05) is 13.7 Å². The van der Waals surface area contributed by atoms with Gasteiger partial charge in [0.2, 0.25) is 0 Å². The van der Waals surface area contributed by atoms with Crippen LogP contribution in [0.4, 0.5) is 0 Å². The number of nitrogens with zero attached hydrogens (tertiary/aromatic N) is 1. The molecule has 1 saturated carbocycles. The molecular weight excluding hydrogens is 262 g/mol. The van der Waals surface area contributed by atoms with Gasteiger partial charge in [0, 0.05) is 12.1 Å². The molecular formula is C18H29NO2. The Bertz CT molecular complexity index is 412. The summed E-state index contributed by atoms with van der Waals surface area (Å²) in [5.74, 6) is 0.832. The van der Waals surface area contributed by atoms with Crippen LogP contribution in [0.25, 0.3) is 0 Å². The van der Waals surface area contributed by atoms with Crippen molar-refractivity contribution in [3.05, 3.63) is 29.8 Å². The molecule has 0 spiro atoms. The summed E-state index contributed by atoms with van der Waals surface area (Å²) >= 11 is 0. The molecule has 2 atom stereocenters. The van der Waals surface area contributed by atoms with Crippen molar-refractivity contribution in [3.8, 4) is 5.75 Å². The fourth-order valence-electron chi connectivity index (χ4n) is 3.55. The van der Waals surface area contributed by atoms with Gasteiger partial charge in [0.15, 0.2) is 0 Å². The highest BCUT2D eigenvalue weighted by Gasteiger charge is 2.28. The first kappa shape index (κ1) is 16.3. The van der Waals surface area contributed by atoms with Crippen LogP contribution in [0, 0.1) is 0 Å². The van der Waals surface area contributed by atoms with Gasteiger partial charge in [-0.05, 0) is 44.0 Å². The van der Waals surface area contributed by atoms with Gasteiger partial charge in [0.05, 0.1) is 13.2 Å². The van der Waals surface area contributed by atoms with E-state index in [4.69, 9.17) is 4.74 Å². The van der Waals surface area contributed by atoms with Crippen LogP contribution in [0.5, 0.6) is 5.75 Å². The van der Waals surface area contributed by atoms with E-state index in [2.05, 4.69) is 18.7 Å². The van der Waals surface area contributed by atoms with Gasteiger partial charge in [0.25, 0.3) is 0 Å². The standard InChI is InChI=1S/C18H29NO2/c1-4-19(16-8-6-5-7-9-16)14(2)18(20)15-10-12-17(21-3)13-11-15/h10-14,16,18,20H,4-9H2,1-3H3. The van der Waals surface area contributed by atoms with Crippen molar-refractivity contribution in [2.45, 2.75) is 64.1 Å². The summed E-state index contributed by atoms with van der Waals surface area (Å²) < 4.78 is 5.18. The molecule has 0 aromatic heterocycles. The SMILES string of the molecule is CCN(C1CCCCC1)C(C)C(O)c1ccc(OC)cc1. The van der Waals surface area contributed by atoms with Gasteiger partial charge in [-0.1, -0.05) is 38.3 Å². The lowest BCUT2D eigenvalue weighted by molar-refractivity contribution is 0.0245. The van der Waals surface area contributed by atoms with Crippen molar-refractivity contribution in [3.63, 3.8) is 0 Å². The molecule has 0 radical (unpaired) electrons. The molecule has 118 valence electrons. The van der Waals surface area contributed by atoms with Crippen molar-refractivity contribution in [1.82, 2.24) is 4.90 Å². The van der Waals surface area contributed by atoms with Gasteiger partial charge < -0.3 is 9.84 Å². The number of aliphatic hydroxyl groups is 1. The molecule has 0 bridgehead atoms. The summed E-state index contributed by atoms with van der Waals surface area (Å²) in [6.07, 6.45) is 6.11. The van der Waals surface area contributed by atoms with Crippen molar-refractivity contribution < 1.29 is 9.84 Å². The Morgan fingerprint density at radius 2 is 1.81 bits per heavy atom. The third kappa shape index (κ3) is 3.98. The molecule has 1 aliphatic rings. The van der Waals surface area contributed by atoms with Gasteiger partial charge in [-0.25, -0.2) is 0 Å². The van der Waals surface area contributed by atoms with Crippen molar-refractivity contribution in [2.24, 2.45) is 0 Å². The minimum Gasteiger partial charge on any atom is -0.497 e. The van der Waals surface area contributed by atoms with E-state index in [9.17, 15) is 5.11 Å². The molecule has 2 unspecified atom stereocenters. The third-order valence-electron chi connectivity index (χ3n) is 4.85. The van der Waals surface area contributed by atoms with E-state index in [1.807, 2.05) is 24.3 Å². The summed E-state index contributed by atoms with van der Waals surface area (Å²) in [4.78, 5) is 2.48. The van der Waals surface area contributed by atoms with E-state index in [1.165, 1.54) is 32.1 Å².